The number of aryl methyl sites for hydroxylation is 1. The predicted octanol–water partition coefficient (Wildman–Crippen LogP) is 2.11. The molecule has 1 aliphatic rings. The molecule has 0 spiro atoms. The Balaban J connectivity index is 1.88. The second-order valence-electron chi connectivity index (χ2n) is 5.69. The Morgan fingerprint density at radius 3 is 2.86 bits per heavy atom. The molecule has 5 nitrogen and oxygen atoms in total. The van der Waals surface area contributed by atoms with E-state index in [1.54, 1.807) is 6.07 Å². The summed E-state index contributed by atoms with van der Waals surface area (Å²) in [6, 6.07) is 9.51. The van der Waals surface area contributed by atoms with Crippen LogP contribution in [0.5, 0.6) is 5.75 Å². The Bertz CT molecular complexity index is 697. The van der Waals surface area contributed by atoms with Gasteiger partial charge in [0, 0.05) is 11.1 Å². The molecule has 0 saturated heterocycles. The number of carboxylic acid groups (broad SMARTS) is 1. The lowest BCUT2D eigenvalue weighted by Crippen LogP contribution is -2.54. The van der Waals surface area contributed by atoms with E-state index in [0.717, 1.165) is 29.4 Å². The maximum Gasteiger partial charge on any atom is 0.327 e. The molecular formula is C16H18N2O3. The number of aliphatic carboxylic acids is 1. The molecule has 1 unspecified atom stereocenters. The quantitative estimate of drug-likeness (QED) is 0.879. The molecule has 2 aromatic rings. The first-order valence-corrected chi connectivity index (χ1v) is 7.02. The summed E-state index contributed by atoms with van der Waals surface area (Å²) in [5, 5.41) is 10.3. The average molecular weight is 286 g/mol. The van der Waals surface area contributed by atoms with Crippen LogP contribution in [0.1, 0.15) is 18.5 Å². The minimum atomic E-state index is -1.31. The van der Waals surface area contributed by atoms with E-state index in [4.69, 9.17) is 10.5 Å². The molecule has 1 heterocycles. The number of nitrogens with zero attached hydrogens (tertiary/aromatic N) is 1. The second kappa shape index (κ2) is 5.00. The van der Waals surface area contributed by atoms with Crippen LogP contribution in [0.3, 0.4) is 0 Å². The van der Waals surface area contributed by atoms with Crippen molar-refractivity contribution in [1.82, 2.24) is 4.98 Å². The topological polar surface area (TPSA) is 85.4 Å². The Hall–Kier alpha value is -2.14. The monoisotopic (exact) mass is 286 g/mol. The third-order valence-electron chi connectivity index (χ3n) is 3.99. The number of nitrogens with two attached hydrogens (primary N) is 1. The lowest BCUT2D eigenvalue weighted by molar-refractivity contribution is -0.145. The summed E-state index contributed by atoms with van der Waals surface area (Å²) in [5.41, 5.74) is 6.33. The molecule has 1 aromatic carbocycles. The smallest absolute Gasteiger partial charge is 0.327 e. The van der Waals surface area contributed by atoms with Gasteiger partial charge in [0.2, 0.25) is 0 Å². The van der Waals surface area contributed by atoms with Crippen molar-refractivity contribution in [2.75, 3.05) is 6.61 Å². The van der Waals surface area contributed by atoms with Gasteiger partial charge in [-0.05, 0) is 37.8 Å². The van der Waals surface area contributed by atoms with Crippen LogP contribution < -0.4 is 10.5 Å². The van der Waals surface area contributed by atoms with Crippen molar-refractivity contribution >= 4 is 16.9 Å². The predicted molar refractivity (Wildman–Crippen MR) is 79.3 cm³/mol. The van der Waals surface area contributed by atoms with Gasteiger partial charge in [0.1, 0.15) is 17.9 Å². The van der Waals surface area contributed by atoms with Gasteiger partial charge < -0.3 is 15.6 Å². The molecule has 5 heteroatoms. The van der Waals surface area contributed by atoms with Gasteiger partial charge in [0.15, 0.2) is 5.54 Å². The lowest BCUT2D eigenvalue weighted by atomic mass is 9.96. The van der Waals surface area contributed by atoms with Crippen LogP contribution in [0.4, 0.5) is 0 Å². The molecule has 3 N–H and O–H groups in total. The van der Waals surface area contributed by atoms with Gasteiger partial charge in [-0.1, -0.05) is 18.2 Å². The van der Waals surface area contributed by atoms with Crippen molar-refractivity contribution < 1.29 is 14.6 Å². The molecule has 1 aliphatic carbocycles. The van der Waals surface area contributed by atoms with E-state index < -0.39 is 11.5 Å². The number of ether oxygens (including phenoxy) is 1. The second-order valence-corrected chi connectivity index (χ2v) is 5.69. The van der Waals surface area contributed by atoms with Crippen molar-refractivity contribution in [2.24, 2.45) is 11.7 Å². The summed E-state index contributed by atoms with van der Waals surface area (Å²) in [7, 11) is 0. The summed E-state index contributed by atoms with van der Waals surface area (Å²) < 4.78 is 5.73. The number of para-hydroxylation sites is 1. The molecule has 110 valence electrons. The number of pyridine rings is 1. The zero-order chi connectivity index (χ0) is 15.0. The number of carboxylic acids is 1. The Morgan fingerprint density at radius 2 is 2.19 bits per heavy atom. The van der Waals surface area contributed by atoms with E-state index >= 15 is 0 Å². The van der Waals surface area contributed by atoms with E-state index in [1.807, 2.05) is 31.2 Å². The largest absolute Gasteiger partial charge is 0.489 e. The van der Waals surface area contributed by atoms with Gasteiger partial charge >= 0.3 is 5.97 Å². The van der Waals surface area contributed by atoms with Crippen LogP contribution in [-0.2, 0) is 4.79 Å². The molecule has 0 aliphatic heterocycles. The Morgan fingerprint density at radius 1 is 1.43 bits per heavy atom. The average Bonchev–Trinajstić information content (AvgIpc) is 3.29. The molecule has 0 radical (unpaired) electrons. The summed E-state index contributed by atoms with van der Waals surface area (Å²) in [6.07, 6.45) is 1.69. The van der Waals surface area contributed by atoms with Crippen molar-refractivity contribution in [1.29, 1.82) is 0 Å². The summed E-state index contributed by atoms with van der Waals surface area (Å²) >= 11 is 0. The van der Waals surface area contributed by atoms with E-state index in [1.165, 1.54) is 0 Å². The number of rotatable bonds is 5. The van der Waals surface area contributed by atoms with Gasteiger partial charge in [0.05, 0.1) is 0 Å². The van der Waals surface area contributed by atoms with Gasteiger partial charge in [-0.3, -0.25) is 4.79 Å². The summed E-state index contributed by atoms with van der Waals surface area (Å²) in [5.74, 6) is -0.429. The highest BCUT2D eigenvalue weighted by Gasteiger charge is 2.49. The fourth-order valence-electron chi connectivity index (χ4n) is 2.48. The van der Waals surface area contributed by atoms with Crippen LogP contribution in [0.15, 0.2) is 30.3 Å². The molecule has 0 amide bonds. The number of fused-ring (bicyclic) bond motifs is 1. The third kappa shape index (κ3) is 2.56. The molecule has 1 saturated carbocycles. The zero-order valence-electron chi connectivity index (χ0n) is 11.9. The van der Waals surface area contributed by atoms with Crippen LogP contribution >= 0.6 is 0 Å². The maximum absolute atomic E-state index is 11.4. The van der Waals surface area contributed by atoms with E-state index in [0.29, 0.717) is 5.75 Å². The van der Waals surface area contributed by atoms with Crippen molar-refractivity contribution in [2.45, 2.75) is 25.3 Å². The number of hydrogen-bond acceptors (Lipinski definition) is 4. The van der Waals surface area contributed by atoms with E-state index in [9.17, 15) is 9.90 Å². The van der Waals surface area contributed by atoms with Crippen LogP contribution in [-0.4, -0.2) is 28.2 Å². The van der Waals surface area contributed by atoms with Crippen molar-refractivity contribution in [3.8, 4) is 5.75 Å². The molecule has 21 heavy (non-hydrogen) atoms. The highest BCUT2D eigenvalue weighted by molar-refractivity contribution is 5.85. The highest BCUT2D eigenvalue weighted by atomic mass is 16.5. The fraction of sp³-hybridized carbons (Fsp3) is 0.375. The third-order valence-corrected chi connectivity index (χ3v) is 3.99. The van der Waals surface area contributed by atoms with Gasteiger partial charge in [-0.15, -0.1) is 0 Å². The van der Waals surface area contributed by atoms with E-state index in [2.05, 4.69) is 4.98 Å². The van der Waals surface area contributed by atoms with Gasteiger partial charge in [-0.2, -0.15) is 0 Å². The molecular weight excluding hydrogens is 268 g/mol. The minimum absolute atomic E-state index is 0.000304. The summed E-state index contributed by atoms with van der Waals surface area (Å²) in [4.78, 5) is 15.9. The Kier molecular flexibility index (Phi) is 3.29. The molecule has 3 rings (SSSR count). The van der Waals surface area contributed by atoms with Crippen molar-refractivity contribution in [3.63, 3.8) is 0 Å². The van der Waals surface area contributed by atoms with Crippen molar-refractivity contribution in [3.05, 3.63) is 36.0 Å². The fourth-order valence-corrected chi connectivity index (χ4v) is 2.48. The lowest BCUT2D eigenvalue weighted by Gasteiger charge is -2.24. The SMILES string of the molecule is Cc1ccc2cccc(OCC(N)(C(=O)O)C3CC3)c2n1. The number of carbonyl (C=O) groups is 1. The maximum atomic E-state index is 11.4. The zero-order valence-corrected chi connectivity index (χ0v) is 11.9. The Labute approximate surface area is 122 Å². The molecule has 0 bridgehead atoms. The summed E-state index contributed by atoms with van der Waals surface area (Å²) in [6.45, 7) is 1.87. The minimum Gasteiger partial charge on any atom is -0.489 e. The van der Waals surface area contributed by atoms with Crippen LogP contribution in [0, 0.1) is 12.8 Å². The first kappa shape index (κ1) is 13.8. The van der Waals surface area contributed by atoms with Crippen LogP contribution in [0.2, 0.25) is 0 Å². The van der Waals surface area contributed by atoms with Gasteiger partial charge in [0.25, 0.3) is 0 Å². The number of hydrogen-bond donors (Lipinski definition) is 2. The molecule has 1 atom stereocenters. The molecule has 1 fully saturated rings. The number of benzene rings is 1. The standard InChI is InChI=1S/C16H18N2O3/c1-10-5-6-11-3-2-4-13(14(11)18-10)21-9-16(17,15(19)20)12-7-8-12/h2-6,12H,7-9,17H2,1H3,(H,19,20). The van der Waals surface area contributed by atoms with E-state index in [-0.39, 0.29) is 12.5 Å². The first-order chi connectivity index (χ1) is 10.0. The number of aromatic nitrogens is 1. The molecule has 1 aromatic heterocycles. The highest BCUT2D eigenvalue weighted by Crippen LogP contribution is 2.39. The van der Waals surface area contributed by atoms with Crippen LogP contribution in [0.25, 0.3) is 10.9 Å². The normalized spacial score (nSPS) is 17.4. The van der Waals surface area contributed by atoms with Gasteiger partial charge in [-0.25, -0.2) is 4.98 Å². The first-order valence-electron chi connectivity index (χ1n) is 7.02.